The Morgan fingerprint density at radius 3 is 2.95 bits per heavy atom. The summed E-state index contributed by atoms with van der Waals surface area (Å²) in [7, 11) is 0. The Hall–Kier alpha value is -1.55. The Bertz CT molecular complexity index is 617. The molecule has 100 valence electrons. The van der Waals surface area contributed by atoms with E-state index in [-0.39, 0.29) is 5.91 Å². The van der Waals surface area contributed by atoms with E-state index in [2.05, 4.69) is 22.1 Å². The van der Waals surface area contributed by atoms with Gasteiger partial charge in [-0.25, -0.2) is 0 Å². The molecular formula is C15H18N2OS. The smallest absolute Gasteiger partial charge is 0.270 e. The maximum atomic E-state index is 12.6. The molecule has 3 heterocycles. The molecule has 1 amide bonds. The molecule has 1 aliphatic rings. The Balaban J connectivity index is 2.00. The van der Waals surface area contributed by atoms with Crippen LogP contribution in [-0.4, -0.2) is 28.5 Å². The van der Waals surface area contributed by atoms with Crippen LogP contribution in [0.4, 0.5) is 0 Å². The van der Waals surface area contributed by atoms with Crippen molar-refractivity contribution >= 4 is 27.5 Å². The molecule has 1 fully saturated rings. The standard InChI is InChI=1S/C15H18N2OS/c1-2-3-9-17-13(11-12-6-10-19-15(12)17)14(18)16-7-4-5-8-16/h2-3,6,10-11H,4-5,7-9H2,1H3/b3-2-. The second-order valence-electron chi connectivity index (χ2n) is 4.89. The maximum Gasteiger partial charge on any atom is 0.270 e. The first-order chi connectivity index (χ1) is 9.31. The van der Waals surface area contributed by atoms with Gasteiger partial charge >= 0.3 is 0 Å². The van der Waals surface area contributed by atoms with Gasteiger partial charge < -0.3 is 9.47 Å². The number of carbonyl (C=O) groups is 1. The van der Waals surface area contributed by atoms with Crippen LogP contribution in [-0.2, 0) is 6.54 Å². The van der Waals surface area contributed by atoms with E-state index in [4.69, 9.17) is 0 Å². The fourth-order valence-electron chi connectivity index (χ4n) is 2.63. The lowest BCUT2D eigenvalue weighted by atomic mass is 10.3. The van der Waals surface area contributed by atoms with Gasteiger partial charge in [0.2, 0.25) is 0 Å². The minimum atomic E-state index is 0.186. The fourth-order valence-corrected chi connectivity index (χ4v) is 3.53. The van der Waals surface area contributed by atoms with Crippen LogP contribution in [0.3, 0.4) is 0 Å². The van der Waals surface area contributed by atoms with Gasteiger partial charge in [0.1, 0.15) is 10.5 Å². The topological polar surface area (TPSA) is 25.2 Å². The summed E-state index contributed by atoms with van der Waals surface area (Å²) in [6, 6.07) is 4.13. The van der Waals surface area contributed by atoms with E-state index in [0.717, 1.165) is 38.2 Å². The second kappa shape index (κ2) is 5.21. The Morgan fingerprint density at radius 1 is 1.42 bits per heavy atom. The molecule has 0 bridgehead atoms. The predicted molar refractivity (Wildman–Crippen MR) is 79.8 cm³/mol. The number of carbonyl (C=O) groups excluding carboxylic acids is 1. The summed E-state index contributed by atoms with van der Waals surface area (Å²) in [5.74, 6) is 0.186. The van der Waals surface area contributed by atoms with Crippen LogP contribution in [0.15, 0.2) is 29.7 Å². The first kappa shape index (κ1) is 12.5. The highest BCUT2D eigenvalue weighted by atomic mass is 32.1. The molecule has 1 aliphatic heterocycles. The maximum absolute atomic E-state index is 12.6. The number of allylic oxidation sites excluding steroid dienone is 2. The van der Waals surface area contributed by atoms with Gasteiger partial charge in [0.25, 0.3) is 5.91 Å². The molecule has 0 radical (unpaired) electrons. The third-order valence-corrected chi connectivity index (χ3v) is 4.59. The third kappa shape index (κ3) is 2.21. The molecule has 4 heteroatoms. The van der Waals surface area contributed by atoms with Crippen molar-refractivity contribution in [1.29, 1.82) is 0 Å². The lowest BCUT2D eigenvalue weighted by Gasteiger charge is -2.16. The number of amides is 1. The van der Waals surface area contributed by atoms with Crippen LogP contribution in [0.1, 0.15) is 30.3 Å². The minimum absolute atomic E-state index is 0.186. The van der Waals surface area contributed by atoms with Crippen molar-refractivity contribution in [2.45, 2.75) is 26.3 Å². The summed E-state index contributed by atoms with van der Waals surface area (Å²) < 4.78 is 2.14. The van der Waals surface area contributed by atoms with Crippen LogP contribution in [0.25, 0.3) is 10.2 Å². The summed E-state index contributed by atoms with van der Waals surface area (Å²) in [6.45, 7) is 4.59. The van der Waals surface area contributed by atoms with Crippen LogP contribution < -0.4 is 0 Å². The van der Waals surface area contributed by atoms with Crippen LogP contribution in [0.2, 0.25) is 0 Å². The highest BCUT2D eigenvalue weighted by Crippen LogP contribution is 2.27. The van der Waals surface area contributed by atoms with Gasteiger partial charge in [-0.3, -0.25) is 4.79 Å². The highest BCUT2D eigenvalue weighted by Gasteiger charge is 2.23. The summed E-state index contributed by atoms with van der Waals surface area (Å²) in [6.07, 6.45) is 6.40. The van der Waals surface area contributed by atoms with E-state index >= 15 is 0 Å². The van der Waals surface area contributed by atoms with E-state index in [1.54, 1.807) is 11.3 Å². The number of thiophene rings is 1. The van der Waals surface area contributed by atoms with Crippen molar-refractivity contribution in [2.75, 3.05) is 13.1 Å². The molecule has 0 unspecified atom stereocenters. The molecule has 3 nitrogen and oxygen atoms in total. The average Bonchev–Trinajstić information content (AvgIpc) is 3.12. The zero-order valence-electron chi connectivity index (χ0n) is 11.1. The van der Waals surface area contributed by atoms with Crippen molar-refractivity contribution in [3.8, 4) is 0 Å². The lowest BCUT2D eigenvalue weighted by molar-refractivity contribution is 0.0783. The summed E-state index contributed by atoms with van der Waals surface area (Å²) in [5, 5.41) is 3.26. The number of hydrogen-bond acceptors (Lipinski definition) is 2. The lowest BCUT2D eigenvalue weighted by Crippen LogP contribution is -2.29. The van der Waals surface area contributed by atoms with Crippen molar-refractivity contribution in [2.24, 2.45) is 0 Å². The molecule has 0 aromatic carbocycles. The van der Waals surface area contributed by atoms with Crippen LogP contribution in [0.5, 0.6) is 0 Å². The quantitative estimate of drug-likeness (QED) is 0.786. The Labute approximate surface area is 117 Å². The zero-order valence-corrected chi connectivity index (χ0v) is 11.9. The number of fused-ring (bicyclic) bond motifs is 1. The molecule has 1 saturated heterocycles. The van der Waals surface area contributed by atoms with Crippen LogP contribution in [0, 0.1) is 0 Å². The number of nitrogens with zero attached hydrogens (tertiary/aromatic N) is 2. The van der Waals surface area contributed by atoms with E-state index < -0.39 is 0 Å². The number of likely N-dealkylation sites (tertiary alicyclic amines) is 1. The van der Waals surface area contributed by atoms with E-state index in [1.165, 1.54) is 10.2 Å². The second-order valence-corrected chi connectivity index (χ2v) is 5.78. The van der Waals surface area contributed by atoms with Crippen molar-refractivity contribution in [3.63, 3.8) is 0 Å². The van der Waals surface area contributed by atoms with Crippen molar-refractivity contribution in [3.05, 3.63) is 35.4 Å². The molecule has 0 aliphatic carbocycles. The summed E-state index contributed by atoms with van der Waals surface area (Å²) in [4.78, 5) is 15.8. The monoisotopic (exact) mass is 274 g/mol. The van der Waals surface area contributed by atoms with Gasteiger partial charge in [0.15, 0.2) is 0 Å². The molecule has 3 rings (SSSR count). The summed E-state index contributed by atoms with van der Waals surface area (Å²) >= 11 is 1.70. The Kier molecular flexibility index (Phi) is 3.42. The van der Waals surface area contributed by atoms with Gasteiger partial charge in [-0.15, -0.1) is 11.3 Å². The van der Waals surface area contributed by atoms with Gasteiger partial charge in [-0.05, 0) is 37.3 Å². The van der Waals surface area contributed by atoms with Gasteiger partial charge in [0.05, 0.1) is 0 Å². The van der Waals surface area contributed by atoms with E-state index in [9.17, 15) is 4.79 Å². The molecule has 0 saturated carbocycles. The first-order valence-corrected chi connectivity index (χ1v) is 7.66. The van der Waals surface area contributed by atoms with Crippen molar-refractivity contribution in [1.82, 2.24) is 9.47 Å². The normalized spacial score (nSPS) is 15.9. The fraction of sp³-hybridized carbons (Fsp3) is 0.400. The predicted octanol–water partition coefficient (Wildman–Crippen LogP) is 3.51. The SMILES string of the molecule is C/C=C\Cn1c(C(=O)N2CCCC2)cc2ccsc21. The first-order valence-electron chi connectivity index (χ1n) is 6.78. The Morgan fingerprint density at radius 2 is 2.21 bits per heavy atom. The van der Waals surface area contributed by atoms with Crippen LogP contribution >= 0.6 is 11.3 Å². The van der Waals surface area contributed by atoms with E-state index in [0.29, 0.717) is 0 Å². The average molecular weight is 274 g/mol. The van der Waals surface area contributed by atoms with Gasteiger partial charge in [0, 0.05) is 25.0 Å². The highest BCUT2D eigenvalue weighted by molar-refractivity contribution is 7.16. The molecular weight excluding hydrogens is 256 g/mol. The zero-order chi connectivity index (χ0) is 13.2. The largest absolute Gasteiger partial charge is 0.337 e. The summed E-state index contributed by atoms with van der Waals surface area (Å²) in [5.41, 5.74) is 0.835. The molecule has 0 atom stereocenters. The molecule has 0 N–H and O–H groups in total. The third-order valence-electron chi connectivity index (χ3n) is 3.64. The molecule has 19 heavy (non-hydrogen) atoms. The number of hydrogen-bond donors (Lipinski definition) is 0. The van der Waals surface area contributed by atoms with Crippen molar-refractivity contribution < 1.29 is 4.79 Å². The minimum Gasteiger partial charge on any atom is -0.337 e. The van der Waals surface area contributed by atoms with Gasteiger partial charge in [-0.2, -0.15) is 0 Å². The van der Waals surface area contributed by atoms with Gasteiger partial charge in [-0.1, -0.05) is 12.2 Å². The number of rotatable bonds is 3. The van der Waals surface area contributed by atoms with E-state index in [1.807, 2.05) is 24.0 Å². The molecule has 2 aromatic rings. The molecule has 2 aromatic heterocycles. The molecule has 0 spiro atoms. The number of aromatic nitrogens is 1.